The van der Waals surface area contributed by atoms with Crippen molar-refractivity contribution in [2.75, 3.05) is 37.8 Å². The second-order valence-corrected chi connectivity index (χ2v) is 7.55. The Labute approximate surface area is 147 Å². The first-order chi connectivity index (χ1) is 11.5. The summed E-state index contributed by atoms with van der Waals surface area (Å²) in [5.74, 6) is -2.42. The highest BCUT2D eigenvalue weighted by molar-refractivity contribution is 7.92. The monoisotopic (exact) mass is 374 g/mol. The van der Waals surface area contributed by atoms with E-state index in [-0.39, 0.29) is 23.4 Å². The van der Waals surface area contributed by atoms with Crippen LogP contribution in [0.4, 0.5) is 10.1 Å². The van der Waals surface area contributed by atoms with Gasteiger partial charge in [0.25, 0.3) is 5.91 Å². The quantitative estimate of drug-likeness (QED) is 0.681. The largest absolute Gasteiger partial charge is 0.462 e. The summed E-state index contributed by atoms with van der Waals surface area (Å²) >= 11 is 0. The number of amides is 1. The van der Waals surface area contributed by atoms with Gasteiger partial charge in [0.15, 0.2) is 5.82 Å². The first kappa shape index (κ1) is 20.9. The number of anilines is 1. The Kier molecular flexibility index (Phi) is 6.92. The van der Waals surface area contributed by atoms with Gasteiger partial charge >= 0.3 is 5.97 Å². The van der Waals surface area contributed by atoms with Crippen LogP contribution in [0.15, 0.2) is 12.1 Å². The van der Waals surface area contributed by atoms with E-state index in [1.165, 1.54) is 11.9 Å². The van der Waals surface area contributed by atoms with Crippen LogP contribution >= 0.6 is 0 Å². The molecule has 0 spiro atoms. The molecule has 25 heavy (non-hydrogen) atoms. The number of carbonyl (C=O) groups is 2. The van der Waals surface area contributed by atoms with Gasteiger partial charge in [0, 0.05) is 20.6 Å². The van der Waals surface area contributed by atoms with E-state index >= 15 is 0 Å². The molecule has 0 N–H and O–H groups in total. The number of ether oxygens (including phenoxy) is 1. The fourth-order valence-electron chi connectivity index (χ4n) is 2.15. The molecular weight excluding hydrogens is 351 g/mol. The van der Waals surface area contributed by atoms with Gasteiger partial charge in [-0.1, -0.05) is 6.92 Å². The highest BCUT2D eigenvalue weighted by atomic mass is 32.2. The van der Waals surface area contributed by atoms with Gasteiger partial charge in [-0.15, -0.1) is 0 Å². The van der Waals surface area contributed by atoms with E-state index in [9.17, 15) is 22.4 Å². The Hall–Kier alpha value is -2.16. The highest BCUT2D eigenvalue weighted by Gasteiger charge is 2.26. The molecule has 0 fully saturated rings. The van der Waals surface area contributed by atoms with Gasteiger partial charge in [-0.05, 0) is 25.5 Å². The van der Waals surface area contributed by atoms with Crippen molar-refractivity contribution in [2.24, 2.45) is 0 Å². The zero-order valence-corrected chi connectivity index (χ0v) is 15.8. The first-order valence-electron chi connectivity index (χ1n) is 7.74. The van der Waals surface area contributed by atoms with Crippen molar-refractivity contribution in [2.45, 2.75) is 20.3 Å². The number of esters is 1. The van der Waals surface area contributed by atoms with Crippen molar-refractivity contribution < 1.29 is 27.1 Å². The van der Waals surface area contributed by atoms with Gasteiger partial charge in [-0.3, -0.25) is 9.10 Å². The van der Waals surface area contributed by atoms with Crippen LogP contribution in [-0.4, -0.2) is 58.7 Å². The predicted octanol–water partition coefficient (Wildman–Crippen LogP) is 1.88. The Morgan fingerprint density at radius 1 is 1.20 bits per heavy atom. The molecule has 0 saturated heterocycles. The van der Waals surface area contributed by atoms with E-state index in [1.807, 2.05) is 6.92 Å². The zero-order valence-electron chi connectivity index (χ0n) is 15.0. The van der Waals surface area contributed by atoms with Crippen molar-refractivity contribution in [3.8, 4) is 0 Å². The molecule has 0 unspecified atom stereocenters. The van der Waals surface area contributed by atoms with Crippen molar-refractivity contribution >= 4 is 27.6 Å². The topological polar surface area (TPSA) is 84.0 Å². The molecule has 0 aliphatic heterocycles. The van der Waals surface area contributed by atoms with Gasteiger partial charge in [0.2, 0.25) is 10.0 Å². The lowest BCUT2D eigenvalue weighted by Crippen LogP contribution is -2.31. The molecule has 1 amide bonds. The molecule has 1 rings (SSSR count). The van der Waals surface area contributed by atoms with Gasteiger partial charge < -0.3 is 9.64 Å². The SMILES string of the molecule is CCCN(C)C(=O)c1cc(C(=O)OCC)cc(N(C)S(C)(=O)=O)c1F. The van der Waals surface area contributed by atoms with Crippen molar-refractivity contribution in [3.63, 3.8) is 0 Å². The molecule has 0 aliphatic rings. The molecule has 0 bridgehead atoms. The van der Waals surface area contributed by atoms with E-state index in [4.69, 9.17) is 4.74 Å². The van der Waals surface area contributed by atoms with E-state index in [0.717, 1.165) is 25.4 Å². The average molecular weight is 374 g/mol. The number of halogens is 1. The Bertz CT molecular complexity index is 764. The molecule has 140 valence electrons. The number of hydrogen-bond acceptors (Lipinski definition) is 5. The van der Waals surface area contributed by atoms with Crippen molar-refractivity contribution in [3.05, 3.63) is 29.1 Å². The Balaban J connectivity index is 3.57. The summed E-state index contributed by atoms with van der Waals surface area (Å²) < 4.78 is 43.9. The zero-order chi connectivity index (χ0) is 19.4. The fraction of sp³-hybridized carbons (Fsp3) is 0.500. The molecule has 0 radical (unpaired) electrons. The van der Waals surface area contributed by atoms with E-state index in [0.29, 0.717) is 17.3 Å². The maximum absolute atomic E-state index is 14.8. The van der Waals surface area contributed by atoms with Crippen LogP contribution in [0.1, 0.15) is 41.0 Å². The second-order valence-electron chi connectivity index (χ2n) is 5.53. The summed E-state index contributed by atoms with van der Waals surface area (Å²) in [6.07, 6.45) is 1.56. The molecule has 9 heteroatoms. The van der Waals surface area contributed by atoms with Crippen LogP contribution in [0.2, 0.25) is 0 Å². The average Bonchev–Trinajstić information content (AvgIpc) is 2.53. The summed E-state index contributed by atoms with van der Waals surface area (Å²) in [6.45, 7) is 3.94. The standard InChI is InChI=1S/C16H23FN2O5S/c1-6-8-18(3)15(20)12-9-11(16(21)24-7-2)10-13(14(12)17)19(4)25(5,22)23/h9-10H,6-8H2,1-5H3. The lowest BCUT2D eigenvalue weighted by atomic mass is 10.1. The van der Waals surface area contributed by atoms with Crippen LogP contribution in [-0.2, 0) is 14.8 Å². The van der Waals surface area contributed by atoms with Gasteiger partial charge in [0.1, 0.15) is 0 Å². The van der Waals surface area contributed by atoms with Gasteiger partial charge in [0.05, 0.1) is 29.7 Å². The van der Waals surface area contributed by atoms with E-state index in [2.05, 4.69) is 0 Å². The molecule has 7 nitrogen and oxygen atoms in total. The maximum Gasteiger partial charge on any atom is 0.338 e. The number of hydrogen-bond donors (Lipinski definition) is 0. The molecule has 0 aliphatic carbocycles. The van der Waals surface area contributed by atoms with E-state index in [1.54, 1.807) is 6.92 Å². The van der Waals surface area contributed by atoms with Crippen molar-refractivity contribution in [1.82, 2.24) is 4.90 Å². The smallest absolute Gasteiger partial charge is 0.338 e. The summed E-state index contributed by atoms with van der Waals surface area (Å²) in [6, 6.07) is 2.15. The Morgan fingerprint density at radius 2 is 1.80 bits per heavy atom. The molecule has 0 atom stereocenters. The third kappa shape index (κ3) is 4.91. The minimum Gasteiger partial charge on any atom is -0.462 e. The number of rotatable bonds is 7. The third-order valence-electron chi connectivity index (χ3n) is 3.54. The number of sulfonamides is 1. The van der Waals surface area contributed by atoms with Gasteiger partial charge in [-0.25, -0.2) is 17.6 Å². The molecule has 0 saturated carbocycles. The van der Waals surface area contributed by atoms with Crippen LogP contribution < -0.4 is 4.31 Å². The van der Waals surface area contributed by atoms with Crippen LogP contribution in [0.3, 0.4) is 0 Å². The van der Waals surface area contributed by atoms with E-state index < -0.39 is 27.7 Å². The first-order valence-corrected chi connectivity index (χ1v) is 9.59. The Morgan fingerprint density at radius 3 is 2.28 bits per heavy atom. The predicted molar refractivity (Wildman–Crippen MR) is 92.9 cm³/mol. The van der Waals surface area contributed by atoms with Crippen LogP contribution in [0, 0.1) is 5.82 Å². The number of carbonyl (C=O) groups excluding carboxylic acids is 2. The highest BCUT2D eigenvalue weighted by Crippen LogP contribution is 2.27. The lowest BCUT2D eigenvalue weighted by molar-refractivity contribution is 0.0526. The molecule has 0 aromatic heterocycles. The van der Waals surface area contributed by atoms with Crippen LogP contribution in [0.25, 0.3) is 0 Å². The number of benzene rings is 1. The summed E-state index contributed by atoms with van der Waals surface area (Å²) in [5, 5.41) is 0. The second kappa shape index (κ2) is 8.28. The molecule has 0 heterocycles. The number of nitrogens with zero attached hydrogens (tertiary/aromatic N) is 2. The van der Waals surface area contributed by atoms with Gasteiger partial charge in [-0.2, -0.15) is 0 Å². The minimum absolute atomic E-state index is 0.0898. The molecular formula is C16H23FN2O5S. The summed E-state index contributed by atoms with van der Waals surface area (Å²) in [7, 11) is -1.14. The third-order valence-corrected chi connectivity index (χ3v) is 4.73. The van der Waals surface area contributed by atoms with Crippen molar-refractivity contribution in [1.29, 1.82) is 0 Å². The summed E-state index contributed by atoms with van der Waals surface area (Å²) in [4.78, 5) is 25.8. The fourth-order valence-corrected chi connectivity index (χ4v) is 2.64. The molecule has 1 aromatic rings. The lowest BCUT2D eigenvalue weighted by Gasteiger charge is -2.22. The maximum atomic E-state index is 14.8. The normalized spacial score (nSPS) is 11.1. The molecule has 1 aromatic carbocycles. The minimum atomic E-state index is -3.79. The van der Waals surface area contributed by atoms with Crippen LogP contribution in [0.5, 0.6) is 0 Å². The summed E-state index contributed by atoms with van der Waals surface area (Å²) in [5.41, 5.74) is -0.865.